The third-order valence-electron chi connectivity index (χ3n) is 5.75. The largest absolute Gasteiger partial charge is 0.336 e. The summed E-state index contributed by atoms with van der Waals surface area (Å²) in [5, 5.41) is 0. The Hall–Kier alpha value is -2.23. The number of halogens is 2. The Morgan fingerprint density at radius 2 is 1.85 bits per heavy atom. The fraction of sp³-hybridized carbons (Fsp3) is 0.409. The third-order valence-corrected chi connectivity index (χ3v) is 5.75. The van der Waals surface area contributed by atoms with E-state index in [-0.39, 0.29) is 36.1 Å². The van der Waals surface area contributed by atoms with E-state index in [0.29, 0.717) is 17.5 Å². The molecule has 0 radical (unpaired) electrons. The molecule has 0 aromatic heterocycles. The lowest BCUT2D eigenvalue weighted by Crippen LogP contribution is -2.40. The second kappa shape index (κ2) is 6.82. The molecule has 3 atom stereocenters. The van der Waals surface area contributed by atoms with Crippen LogP contribution in [0.15, 0.2) is 48.5 Å². The number of hydrogen-bond acceptors (Lipinski definition) is 1. The molecule has 1 aliphatic heterocycles. The van der Waals surface area contributed by atoms with Crippen LogP contribution in [0.25, 0.3) is 11.1 Å². The maximum absolute atomic E-state index is 15.1. The number of nitrogens with zero attached hydrogens (tertiary/aromatic N) is 1. The molecular formula is C22H23F2NO. The van der Waals surface area contributed by atoms with Crippen LogP contribution >= 0.6 is 0 Å². The Morgan fingerprint density at radius 3 is 2.54 bits per heavy atom. The van der Waals surface area contributed by atoms with Crippen LogP contribution in [0.5, 0.6) is 0 Å². The van der Waals surface area contributed by atoms with Gasteiger partial charge in [-0.25, -0.2) is 8.78 Å². The Bertz CT molecular complexity index is 803. The molecule has 2 aromatic carbocycles. The minimum Gasteiger partial charge on any atom is -0.336 e. The first-order valence-electron chi connectivity index (χ1n) is 9.33. The van der Waals surface area contributed by atoms with E-state index in [1.54, 1.807) is 17.0 Å². The summed E-state index contributed by atoms with van der Waals surface area (Å²) in [6, 6.07) is 14.5. The van der Waals surface area contributed by atoms with Crippen molar-refractivity contribution in [3.63, 3.8) is 0 Å². The van der Waals surface area contributed by atoms with E-state index >= 15 is 4.39 Å². The molecule has 2 aliphatic rings. The first-order chi connectivity index (χ1) is 12.6. The Kier molecular flexibility index (Phi) is 4.51. The Balaban J connectivity index is 1.62. The first kappa shape index (κ1) is 17.2. The molecule has 1 amide bonds. The Labute approximate surface area is 152 Å². The van der Waals surface area contributed by atoms with E-state index in [2.05, 4.69) is 0 Å². The lowest BCUT2D eigenvalue weighted by atomic mass is 9.92. The molecule has 4 heteroatoms. The molecule has 2 nitrogen and oxygen atoms in total. The van der Waals surface area contributed by atoms with Gasteiger partial charge in [-0.05, 0) is 30.4 Å². The van der Waals surface area contributed by atoms with Crippen molar-refractivity contribution >= 4 is 5.91 Å². The molecule has 2 fully saturated rings. The predicted molar refractivity (Wildman–Crippen MR) is 97.8 cm³/mol. The van der Waals surface area contributed by atoms with Gasteiger partial charge in [0, 0.05) is 23.4 Å². The van der Waals surface area contributed by atoms with Crippen molar-refractivity contribution in [3.8, 4) is 11.1 Å². The van der Waals surface area contributed by atoms with Crippen molar-refractivity contribution < 1.29 is 13.6 Å². The summed E-state index contributed by atoms with van der Waals surface area (Å²) in [5.74, 6) is -0.457. The van der Waals surface area contributed by atoms with Crippen molar-refractivity contribution in [3.05, 3.63) is 59.9 Å². The summed E-state index contributed by atoms with van der Waals surface area (Å²) >= 11 is 0. The van der Waals surface area contributed by atoms with Crippen LogP contribution in [-0.4, -0.2) is 29.6 Å². The van der Waals surface area contributed by atoms with Crippen molar-refractivity contribution in [1.29, 1.82) is 0 Å². The number of carbonyl (C=O) groups is 1. The average Bonchev–Trinajstić information content (AvgIpc) is 3.46. The molecule has 1 aliphatic carbocycles. The Morgan fingerprint density at radius 1 is 1.12 bits per heavy atom. The fourth-order valence-corrected chi connectivity index (χ4v) is 3.93. The van der Waals surface area contributed by atoms with Crippen LogP contribution in [0, 0.1) is 17.7 Å². The van der Waals surface area contributed by atoms with Gasteiger partial charge in [0.15, 0.2) is 0 Å². The highest BCUT2D eigenvalue weighted by molar-refractivity contribution is 5.81. The fourth-order valence-electron chi connectivity index (χ4n) is 3.93. The predicted octanol–water partition coefficient (Wildman–Crippen LogP) is 4.63. The number of likely N-dealkylation sites (tertiary alicyclic amines) is 1. The molecule has 0 unspecified atom stereocenters. The number of benzene rings is 2. The summed E-state index contributed by atoms with van der Waals surface area (Å²) < 4.78 is 29.5. The van der Waals surface area contributed by atoms with Gasteiger partial charge in [0.1, 0.15) is 12.0 Å². The summed E-state index contributed by atoms with van der Waals surface area (Å²) in [6.45, 7) is 1.97. The molecule has 1 heterocycles. The molecule has 4 rings (SSSR count). The van der Waals surface area contributed by atoms with E-state index in [4.69, 9.17) is 0 Å². The zero-order valence-corrected chi connectivity index (χ0v) is 14.9. The van der Waals surface area contributed by atoms with E-state index in [0.717, 1.165) is 18.4 Å². The summed E-state index contributed by atoms with van der Waals surface area (Å²) in [7, 11) is 0. The molecule has 26 heavy (non-hydrogen) atoms. The highest BCUT2D eigenvalue weighted by Crippen LogP contribution is 2.37. The maximum Gasteiger partial charge on any atom is 0.226 e. The van der Waals surface area contributed by atoms with Crippen molar-refractivity contribution in [1.82, 2.24) is 4.90 Å². The molecule has 136 valence electrons. The van der Waals surface area contributed by atoms with Gasteiger partial charge in [-0.1, -0.05) is 55.5 Å². The molecule has 1 saturated carbocycles. The van der Waals surface area contributed by atoms with Crippen LogP contribution in [0.3, 0.4) is 0 Å². The summed E-state index contributed by atoms with van der Waals surface area (Å²) in [4.78, 5) is 14.2. The van der Waals surface area contributed by atoms with Gasteiger partial charge in [-0.15, -0.1) is 0 Å². The summed E-state index contributed by atoms with van der Waals surface area (Å²) in [6.07, 6.45) is 1.10. The van der Waals surface area contributed by atoms with Gasteiger partial charge in [-0.3, -0.25) is 4.79 Å². The number of amides is 1. The van der Waals surface area contributed by atoms with Crippen LogP contribution in [0.4, 0.5) is 8.78 Å². The normalized spacial score (nSPS) is 25.5. The van der Waals surface area contributed by atoms with E-state index in [1.807, 2.05) is 43.3 Å². The zero-order chi connectivity index (χ0) is 18.3. The average molecular weight is 355 g/mol. The van der Waals surface area contributed by atoms with Crippen molar-refractivity contribution in [2.75, 3.05) is 6.54 Å². The molecule has 1 saturated heterocycles. The van der Waals surface area contributed by atoms with Gasteiger partial charge in [0.25, 0.3) is 0 Å². The topological polar surface area (TPSA) is 20.3 Å². The van der Waals surface area contributed by atoms with Gasteiger partial charge in [0.2, 0.25) is 5.91 Å². The number of carbonyl (C=O) groups excluding carboxylic acids is 1. The summed E-state index contributed by atoms with van der Waals surface area (Å²) in [5.41, 5.74) is 1.91. The van der Waals surface area contributed by atoms with Gasteiger partial charge in [0.05, 0.1) is 6.54 Å². The maximum atomic E-state index is 15.1. The van der Waals surface area contributed by atoms with E-state index in [1.165, 1.54) is 0 Å². The standard InChI is InChI=1S/C22H23F2NO/c1-14-19(23)13-25(22(26)16-10-11-16)20(14)12-17-8-5-9-18(21(17)24)15-6-3-2-4-7-15/h2-9,14,16,19-20H,10-13H2,1H3/t14-,19-,20-/m0/s1. The minimum absolute atomic E-state index is 0.0432. The molecule has 0 N–H and O–H groups in total. The quantitative estimate of drug-likeness (QED) is 0.783. The van der Waals surface area contributed by atoms with Crippen molar-refractivity contribution in [2.45, 2.75) is 38.4 Å². The lowest BCUT2D eigenvalue weighted by molar-refractivity contribution is -0.133. The third kappa shape index (κ3) is 3.13. The number of hydrogen-bond donors (Lipinski definition) is 0. The van der Waals surface area contributed by atoms with Gasteiger partial charge in [-0.2, -0.15) is 0 Å². The second-order valence-electron chi connectivity index (χ2n) is 7.56. The number of alkyl halides is 1. The minimum atomic E-state index is -1.04. The van der Waals surface area contributed by atoms with Crippen LogP contribution < -0.4 is 0 Å². The van der Waals surface area contributed by atoms with Crippen LogP contribution in [0.2, 0.25) is 0 Å². The smallest absolute Gasteiger partial charge is 0.226 e. The van der Waals surface area contributed by atoms with E-state index in [9.17, 15) is 9.18 Å². The van der Waals surface area contributed by atoms with Gasteiger partial charge < -0.3 is 4.90 Å². The monoisotopic (exact) mass is 355 g/mol. The molecular weight excluding hydrogens is 332 g/mol. The lowest BCUT2D eigenvalue weighted by Gasteiger charge is -2.27. The molecule has 2 aromatic rings. The van der Waals surface area contributed by atoms with E-state index < -0.39 is 6.17 Å². The second-order valence-corrected chi connectivity index (χ2v) is 7.56. The zero-order valence-electron chi connectivity index (χ0n) is 14.9. The number of rotatable bonds is 4. The van der Waals surface area contributed by atoms with Crippen LogP contribution in [0.1, 0.15) is 25.3 Å². The molecule has 0 spiro atoms. The van der Waals surface area contributed by atoms with Crippen LogP contribution in [-0.2, 0) is 11.2 Å². The highest BCUT2D eigenvalue weighted by Gasteiger charge is 2.45. The van der Waals surface area contributed by atoms with Crippen molar-refractivity contribution in [2.24, 2.45) is 11.8 Å². The first-order valence-corrected chi connectivity index (χ1v) is 9.33. The SMILES string of the molecule is C[C@H]1[C@@H](F)CN(C(=O)C2CC2)[C@H]1Cc1cccc(-c2ccccc2)c1F. The van der Waals surface area contributed by atoms with Gasteiger partial charge >= 0.3 is 0 Å². The highest BCUT2D eigenvalue weighted by atomic mass is 19.1. The molecule has 0 bridgehead atoms.